The molecule has 7 nitrogen and oxygen atoms in total. The maximum absolute atomic E-state index is 13.0. The van der Waals surface area contributed by atoms with Crippen LogP contribution >= 0.6 is 0 Å². The monoisotopic (exact) mass is 780 g/mol. The highest BCUT2D eigenvalue weighted by Crippen LogP contribution is 2.23. The number of hydrogen-bond donors (Lipinski definition) is 0. The van der Waals surface area contributed by atoms with Crippen LogP contribution < -0.4 is 0 Å². The van der Waals surface area contributed by atoms with Crippen molar-refractivity contribution in [2.45, 2.75) is 233 Å². The van der Waals surface area contributed by atoms with Gasteiger partial charge in [0.15, 0.2) is 0 Å². The fraction of sp³-hybridized carbons (Fsp3) is 0.938. The number of esters is 3. The molecule has 0 aliphatic carbocycles. The third kappa shape index (κ3) is 36.5. The van der Waals surface area contributed by atoms with Crippen molar-refractivity contribution >= 4 is 17.9 Å². The van der Waals surface area contributed by atoms with Crippen LogP contribution in [0.1, 0.15) is 233 Å². The van der Waals surface area contributed by atoms with Crippen LogP contribution in [-0.2, 0) is 28.6 Å². The van der Waals surface area contributed by atoms with Crippen molar-refractivity contribution in [3.8, 4) is 0 Å². The summed E-state index contributed by atoms with van der Waals surface area (Å²) < 4.78 is 16.8. The van der Waals surface area contributed by atoms with Gasteiger partial charge >= 0.3 is 17.9 Å². The molecule has 0 aromatic heterocycles. The predicted molar refractivity (Wildman–Crippen MR) is 232 cm³/mol. The average Bonchev–Trinajstić information content (AvgIpc) is 3.16. The van der Waals surface area contributed by atoms with E-state index < -0.39 is 0 Å². The van der Waals surface area contributed by atoms with Crippen molar-refractivity contribution in [3.05, 3.63) is 0 Å². The summed E-state index contributed by atoms with van der Waals surface area (Å²) in [6.07, 6.45) is 35.7. The van der Waals surface area contributed by atoms with Gasteiger partial charge < -0.3 is 19.1 Å². The molecule has 0 N–H and O–H groups in total. The van der Waals surface area contributed by atoms with E-state index >= 15 is 0 Å². The standard InChI is InChI=1S/C48H93NO6/c1-7-11-31-43(32-12-8-2)41-46(50)53-38-29-25-21-17-15-19-23-27-35-45(48(52)55-40-37-49(5)6)36-28-24-20-16-18-22-26-30-39-54-47(51)42-44(33-13-9-3)34-14-10-4/h43-45H,7-42H2,1-6H3. The molecule has 0 bridgehead atoms. The van der Waals surface area contributed by atoms with Crippen molar-refractivity contribution < 1.29 is 28.6 Å². The maximum atomic E-state index is 13.0. The van der Waals surface area contributed by atoms with E-state index in [1.165, 1.54) is 116 Å². The van der Waals surface area contributed by atoms with Gasteiger partial charge in [0.2, 0.25) is 0 Å². The summed E-state index contributed by atoms with van der Waals surface area (Å²) in [6.45, 7) is 11.2. The largest absolute Gasteiger partial charge is 0.466 e. The Labute approximate surface area is 341 Å². The third-order valence-electron chi connectivity index (χ3n) is 11.3. The van der Waals surface area contributed by atoms with E-state index in [1.54, 1.807) is 0 Å². The normalized spacial score (nSPS) is 11.7. The Morgan fingerprint density at radius 1 is 0.400 bits per heavy atom. The number of unbranched alkanes of at least 4 members (excludes halogenated alkanes) is 18. The van der Waals surface area contributed by atoms with E-state index in [9.17, 15) is 14.4 Å². The van der Waals surface area contributed by atoms with Gasteiger partial charge in [-0.05, 0) is 77.3 Å². The third-order valence-corrected chi connectivity index (χ3v) is 11.3. The zero-order valence-electron chi connectivity index (χ0n) is 37.6. The van der Waals surface area contributed by atoms with Gasteiger partial charge in [-0.2, -0.15) is 0 Å². The van der Waals surface area contributed by atoms with Gasteiger partial charge in [0, 0.05) is 19.4 Å². The first-order valence-corrected chi connectivity index (χ1v) is 23.9. The van der Waals surface area contributed by atoms with Crippen LogP contribution in [0.4, 0.5) is 0 Å². The van der Waals surface area contributed by atoms with Gasteiger partial charge in [0.05, 0.1) is 19.1 Å². The Kier molecular flexibility index (Phi) is 39.4. The van der Waals surface area contributed by atoms with Crippen molar-refractivity contribution in [1.29, 1.82) is 0 Å². The molecule has 7 heteroatoms. The number of nitrogens with zero attached hydrogens (tertiary/aromatic N) is 1. The van der Waals surface area contributed by atoms with Crippen LogP contribution in [-0.4, -0.2) is 63.3 Å². The molecule has 0 rings (SSSR count). The first kappa shape index (κ1) is 53.4. The van der Waals surface area contributed by atoms with Gasteiger partial charge in [0.1, 0.15) is 6.61 Å². The molecule has 0 aliphatic heterocycles. The molecule has 0 saturated heterocycles. The van der Waals surface area contributed by atoms with E-state index in [2.05, 4.69) is 32.6 Å². The molecule has 0 atom stereocenters. The number of hydrogen-bond acceptors (Lipinski definition) is 7. The molecule has 0 aromatic carbocycles. The second-order valence-electron chi connectivity index (χ2n) is 17.1. The number of likely N-dealkylation sites (N-methyl/N-ethyl adjacent to an activating group) is 1. The lowest BCUT2D eigenvalue weighted by Crippen LogP contribution is -2.24. The second-order valence-corrected chi connectivity index (χ2v) is 17.1. The quantitative estimate of drug-likeness (QED) is 0.0347. The first-order chi connectivity index (χ1) is 26.8. The average molecular weight is 780 g/mol. The maximum Gasteiger partial charge on any atom is 0.308 e. The predicted octanol–water partition coefficient (Wildman–Crippen LogP) is 13.6. The molecule has 0 radical (unpaired) electrons. The Hall–Kier alpha value is -1.63. The number of ether oxygens (including phenoxy) is 3. The summed E-state index contributed by atoms with van der Waals surface area (Å²) in [5.41, 5.74) is 0. The highest BCUT2D eigenvalue weighted by atomic mass is 16.5. The van der Waals surface area contributed by atoms with E-state index in [-0.39, 0.29) is 23.8 Å². The zero-order chi connectivity index (χ0) is 40.6. The Morgan fingerprint density at radius 3 is 1.05 bits per heavy atom. The van der Waals surface area contributed by atoms with Crippen LogP contribution in [0.3, 0.4) is 0 Å². The molecule has 0 aliphatic rings. The highest BCUT2D eigenvalue weighted by molar-refractivity contribution is 5.72. The summed E-state index contributed by atoms with van der Waals surface area (Å²) in [7, 11) is 4.02. The number of carbonyl (C=O) groups excluding carboxylic acids is 3. The minimum atomic E-state index is -0.00173. The van der Waals surface area contributed by atoms with E-state index in [0.29, 0.717) is 44.5 Å². The molecular weight excluding hydrogens is 687 g/mol. The van der Waals surface area contributed by atoms with Gasteiger partial charge in [-0.15, -0.1) is 0 Å². The molecule has 326 valence electrons. The zero-order valence-corrected chi connectivity index (χ0v) is 37.6. The molecule has 0 unspecified atom stereocenters. The van der Waals surface area contributed by atoms with Crippen molar-refractivity contribution in [1.82, 2.24) is 4.90 Å². The first-order valence-electron chi connectivity index (χ1n) is 23.9. The molecule has 0 amide bonds. The second kappa shape index (κ2) is 40.6. The van der Waals surface area contributed by atoms with Crippen LogP contribution in [0.25, 0.3) is 0 Å². The summed E-state index contributed by atoms with van der Waals surface area (Å²) in [5, 5.41) is 0. The summed E-state index contributed by atoms with van der Waals surface area (Å²) in [5.74, 6) is 1.01. The lowest BCUT2D eigenvalue weighted by molar-refractivity contribution is -0.149. The fourth-order valence-electron chi connectivity index (χ4n) is 7.56. The van der Waals surface area contributed by atoms with E-state index in [1.807, 2.05) is 14.1 Å². The van der Waals surface area contributed by atoms with Crippen LogP contribution in [0.15, 0.2) is 0 Å². The summed E-state index contributed by atoms with van der Waals surface area (Å²) >= 11 is 0. The molecule has 0 aromatic rings. The minimum Gasteiger partial charge on any atom is -0.466 e. The highest BCUT2D eigenvalue weighted by Gasteiger charge is 2.20. The molecule has 0 spiro atoms. The van der Waals surface area contributed by atoms with Gasteiger partial charge in [-0.25, -0.2) is 0 Å². The van der Waals surface area contributed by atoms with Crippen molar-refractivity contribution in [2.24, 2.45) is 17.8 Å². The Bertz CT molecular complexity index is 791. The molecule has 0 heterocycles. The summed E-state index contributed by atoms with van der Waals surface area (Å²) in [4.78, 5) is 39.7. The van der Waals surface area contributed by atoms with Gasteiger partial charge in [-0.1, -0.05) is 169 Å². The van der Waals surface area contributed by atoms with Crippen LogP contribution in [0.5, 0.6) is 0 Å². The number of carbonyl (C=O) groups is 3. The lowest BCUT2D eigenvalue weighted by Gasteiger charge is -2.17. The fourth-order valence-corrected chi connectivity index (χ4v) is 7.56. The Balaban J connectivity index is 4.10. The Morgan fingerprint density at radius 2 is 0.727 bits per heavy atom. The smallest absolute Gasteiger partial charge is 0.308 e. The van der Waals surface area contributed by atoms with Crippen LogP contribution in [0, 0.1) is 17.8 Å². The molecular formula is C48H93NO6. The molecule has 0 saturated carbocycles. The van der Waals surface area contributed by atoms with E-state index in [0.717, 1.165) is 83.6 Å². The van der Waals surface area contributed by atoms with E-state index in [4.69, 9.17) is 14.2 Å². The van der Waals surface area contributed by atoms with Crippen LogP contribution in [0.2, 0.25) is 0 Å². The summed E-state index contributed by atoms with van der Waals surface area (Å²) in [6, 6.07) is 0. The lowest BCUT2D eigenvalue weighted by atomic mass is 9.93. The minimum absolute atomic E-state index is 0.000128. The van der Waals surface area contributed by atoms with Gasteiger partial charge in [0.25, 0.3) is 0 Å². The van der Waals surface area contributed by atoms with Crippen molar-refractivity contribution in [3.63, 3.8) is 0 Å². The molecule has 55 heavy (non-hydrogen) atoms. The molecule has 0 fully saturated rings. The number of rotatable bonds is 42. The topological polar surface area (TPSA) is 82.1 Å². The van der Waals surface area contributed by atoms with Gasteiger partial charge in [-0.3, -0.25) is 14.4 Å². The SMILES string of the molecule is CCCCC(CCCC)CC(=O)OCCCCCCCCCCC(CCCCCCCCCCOC(=O)CC(CCCC)CCCC)C(=O)OCCN(C)C. The van der Waals surface area contributed by atoms with Crippen molar-refractivity contribution in [2.75, 3.05) is 40.5 Å².